The summed E-state index contributed by atoms with van der Waals surface area (Å²) in [7, 11) is 0.528. The lowest BCUT2D eigenvalue weighted by molar-refractivity contribution is -0.918. The fourth-order valence-corrected chi connectivity index (χ4v) is 5.10. The lowest BCUT2D eigenvalue weighted by atomic mass is 10.1. The molecule has 1 atom stereocenters. The summed E-state index contributed by atoms with van der Waals surface area (Å²) >= 11 is 0. The molecule has 2 aromatic carbocycles. The van der Waals surface area contributed by atoms with Crippen LogP contribution in [0.2, 0.25) is 0 Å². The van der Waals surface area contributed by atoms with Gasteiger partial charge in [-0.1, -0.05) is 30.3 Å². The number of benzene rings is 2. The van der Waals surface area contributed by atoms with Gasteiger partial charge in [-0.15, -0.1) is 0 Å². The molecule has 0 unspecified atom stereocenters. The van der Waals surface area contributed by atoms with E-state index in [1.165, 1.54) is 23.3 Å². The van der Waals surface area contributed by atoms with Gasteiger partial charge in [0.2, 0.25) is 10.0 Å². The van der Waals surface area contributed by atoms with Crippen LogP contribution in [0.3, 0.4) is 0 Å². The normalized spacial score (nSPS) is 16.4. The highest BCUT2D eigenvalue weighted by molar-refractivity contribution is 7.89. The van der Waals surface area contributed by atoms with Gasteiger partial charge >= 0.3 is 0 Å². The van der Waals surface area contributed by atoms with Crippen LogP contribution in [0, 0.1) is 6.92 Å². The van der Waals surface area contributed by atoms with Crippen LogP contribution >= 0.6 is 0 Å². The third kappa shape index (κ3) is 4.69. The average molecular weight is 389 g/mol. The zero-order chi connectivity index (χ0) is 19.4. The molecule has 3 rings (SSSR count). The molecule has 1 saturated heterocycles. The van der Waals surface area contributed by atoms with E-state index in [1.807, 2.05) is 33.2 Å². The van der Waals surface area contributed by atoms with E-state index in [2.05, 4.69) is 33.9 Å². The molecular formula is C21H30N3O2S+. The molecule has 0 aromatic heterocycles. The Hall–Kier alpha value is -1.89. The summed E-state index contributed by atoms with van der Waals surface area (Å²) in [5.41, 5.74) is 3.10. The van der Waals surface area contributed by atoms with Gasteiger partial charge in [-0.2, -0.15) is 0 Å². The van der Waals surface area contributed by atoms with Gasteiger partial charge in [0.25, 0.3) is 0 Å². The van der Waals surface area contributed by atoms with Crippen LogP contribution in [0.15, 0.2) is 53.4 Å². The monoisotopic (exact) mass is 388 g/mol. The summed E-state index contributed by atoms with van der Waals surface area (Å²) in [6, 6.07) is 15.7. The summed E-state index contributed by atoms with van der Waals surface area (Å²) in [6.07, 6.45) is 2.40. The second-order valence-corrected chi connectivity index (χ2v) is 9.26. The molecule has 146 valence electrons. The number of sulfonamides is 1. The fourth-order valence-electron chi connectivity index (χ4n) is 3.81. The molecule has 0 bridgehead atoms. The molecule has 1 aliphatic rings. The molecule has 0 amide bonds. The van der Waals surface area contributed by atoms with Crippen LogP contribution in [0.1, 0.15) is 30.0 Å². The number of aryl methyl sites for hydroxylation is 1. The third-order valence-electron chi connectivity index (χ3n) is 5.41. The van der Waals surface area contributed by atoms with E-state index in [4.69, 9.17) is 0 Å². The highest BCUT2D eigenvalue weighted by Crippen LogP contribution is 2.19. The Balaban J connectivity index is 1.81. The molecule has 5 nitrogen and oxygen atoms in total. The van der Waals surface area contributed by atoms with Crippen molar-refractivity contribution in [3.63, 3.8) is 0 Å². The Bertz CT molecular complexity index is 857. The van der Waals surface area contributed by atoms with E-state index in [0.29, 0.717) is 11.4 Å². The molecule has 0 aliphatic carbocycles. The number of nitrogens with one attached hydrogen (secondary N) is 2. The van der Waals surface area contributed by atoms with Crippen molar-refractivity contribution in [3.05, 3.63) is 59.7 Å². The van der Waals surface area contributed by atoms with Gasteiger partial charge in [0.05, 0.1) is 24.5 Å². The second-order valence-electron chi connectivity index (χ2n) is 7.52. The van der Waals surface area contributed by atoms with E-state index in [0.717, 1.165) is 24.3 Å². The van der Waals surface area contributed by atoms with Gasteiger partial charge in [0, 0.05) is 38.2 Å². The van der Waals surface area contributed by atoms with Gasteiger partial charge in [0.1, 0.15) is 6.04 Å². The van der Waals surface area contributed by atoms with Gasteiger partial charge < -0.3 is 9.80 Å². The second kappa shape index (κ2) is 8.42. The summed E-state index contributed by atoms with van der Waals surface area (Å²) in [6.45, 7) is 4.42. The highest BCUT2D eigenvalue weighted by Gasteiger charge is 2.29. The number of nitrogens with zero attached hydrogens (tertiary/aromatic N) is 1. The average Bonchev–Trinajstić information content (AvgIpc) is 3.17. The molecule has 0 spiro atoms. The van der Waals surface area contributed by atoms with Gasteiger partial charge in [-0.3, -0.25) is 0 Å². The molecular weight excluding hydrogens is 358 g/mol. The predicted molar refractivity (Wildman–Crippen MR) is 110 cm³/mol. The van der Waals surface area contributed by atoms with Crippen molar-refractivity contribution in [3.8, 4) is 0 Å². The minimum absolute atomic E-state index is 0.127. The predicted octanol–water partition coefficient (Wildman–Crippen LogP) is 1.76. The van der Waals surface area contributed by atoms with Crippen LogP contribution in [0.4, 0.5) is 5.69 Å². The first kappa shape index (κ1) is 19.9. The van der Waals surface area contributed by atoms with E-state index in [-0.39, 0.29) is 6.04 Å². The van der Waals surface area contributed by atoms with E-state index >= 15 is 0 Å². The number of hydrogen-bond acceptors (Lipinski definition) is 3. The minimum atomic E-state index is -3.52. The Morgan fingerprint density at radius 1 is 1.04 bits per heavy atom. The topological polar surface area (TPSA) is 53.9 Å². The molecule has 2 aromatic rings. The maximum Gasteiger partial charge on any atom is 0.241 e. The van der Waals surface area contributed by atoms with Crippen LogP contribution in [-0.4, -0.2) is 42.1 Å². The summed E-state index contributed by atoms with van der Waals surface area (Å²) < 4.78 is 28.5. The van der Waals surface area contributed by atoms with E-state index in [1.54, 1.807) is 12.1 Å². The molecule has 1 fully saturated rings. The summed E-state index contributed by atoms with van der Waals surface area (Å²) in [4.78, 5) is 3.89. The fraction of sp³-hybridized carbons (Fsp3) is 0.429. The van der Waals surface area contributed by atoms with E-state index < -0.39 is 10.0 Å². The standard InChI is InChI=1S/C21H29N3O2S/c1-17-8-4-5-9-21(17)27(25,26)22-16-20(24-14-6-7-15-24)18-10-12-19(13-11-18)23(2)3/h4-5,8-13,20,22H,6-7,14-16H2,1-3H3/p+1/t20-/m0/s1. The van der Waals surface area contributed by atoms with Crippen molar-refractivity contribution >= 4 is 15.7 Å². The number of anilines is 1. The maximum atomic E-state index is 12.8. The molecule has 2 N–H and O–H groups in total. The summed E-state index contributed by atoms with van der Waals surface area (Å²) in [5.74, 6) is 0. The SMILES string of the molecule is Cc1ccccc1S(=O)(=O)NC[C@@H](c1ccc(N(C)C)cc1)[NH+]1CCCC1. The Kier molecular flexibility index (Phi) is 6.19. The van der Waals surface area contributed by atoms with Gasteiger partial charge in [-0.05, 0) is 30.7 Å². The minimum Gasteiger partial charge on any atom is -0.378 e. The lowest BCUT2D eigenvalue weighted by Crippen LogP contribution is -3.11. The molecule has 1 aliphatic heterocycles. The molecule has 0 radical (unpaired) electrons. The van der Waals surface area contributed by atoms with Crippen LogP contribution in [-0.2, 0) is 10.0 Å². The zero-order valence-corrected chi connectivity index (χ0v) is 17.2. The van der Waals surface area contributed by atoms with Crippen LogP contribution < -0.4 is 14.5 Å². The van der Waals surface area contributed by atoms with Crippen LogP contribution in [0.25, 0.3) is 0 Å². The van der Waals surface area contributed by atoms with Gasteiger partial charge in [0.15, 0.2) is 0 Å². The first-order valence-corrected chi connectivity index (χ1v) is 11.0. The summed E-state index contributed by atoms with van der Waals surface area (Å²) in [5, 5.41) is 0. The Morgan fingerprint density at radius 2 is 1.67 bits per heavy atom. The zero-order valence-electron chi connectivity index (χ0n) is 16.4. The Labute approximate surface area is 163 Å². The number of likely N-dealkylation sites (tertiary alicyclic amines) is 1. The van der Waals surface area contributed by atoms with Crippen molar-refractivity contribution < 1.29 is 13.3 Å². The van der Waals surface area contributed by atoms with Crippen molar-refractivity contribution in [2.24, 2.45) is 0 Å². The van der Waals surface area contributed by atoms with Crippen molar-refractivity contribution in [2.45, 2.75) is 30.7 Å². The van der Waals surface area contributed by atoms with Crippen molar-refractivity contribution in [2.75, 3.05) is 38.6 Å². The number of hydrogen-bond donors (Lipinski definition) is 2. The maximum absolute atomic E-state index is 12.8. The lowest BCUT2D eigenvalue weighted by Gasteiger charge is -2.26. The van der Waals surface area contributed by atoms with Crippen LogP contribution in [0.5, 0.6) is 0 Å². The Morgan fingerprint density at radius 3 is 2.26 bits per heavy atom. The number of rotatable bonds is 7. The van der Waals surface area contributed by atoms with Gasteiger partial charge in [-0.25, -0.2) is 13.1 Å². The molecule has 6 heteroatoms. The molecule has 1 heterocycles. The highest BCUT2D eigenvalue weighted by atomic mass is 32.2. The molecule has 27 heavy (non-hydrogen) atoms. The van der Waals surface area contributed by atoms with Crippen molar-refractivity contribution in [1.29, 1.82) is 0 Å². The van der Waals surface area contributed by atoms with Crippen molar-refractivity contribution in [1.82, 2.24) is 4.72 Å². The molecule has 0 saturated carbocycles. The quantitative estimate of drug-likeness (QED) is 0.760. The third-order valence-corrected chi connectivity index (χ3v) is 6.99. The number of quaternary nitrogens is 1. The van der Waals surface area contributed by atoms with E-state index in [9.17, 15) is 8.42 Å². The first-order chi connectivity index (χ1) is 12.9. The smallest absolute Gasteiger partial charge is 0.241 e. The largest absolute Gasteiger partial charge is 0.378 e. The first-order valence-electron chi connectivity index (χ1n) is 9.55.